The van der Waals surface area contributed by atoms with E-state index in [1.165, 1.54) is 64.2 Å². The monoisotopic (exact) mass is 347 g/mol. The number of nitrogens with one attached hydrogen (secondary N) is 2. The molecule has 0 aliphatic rings. The number of H-pyrrole nitrogens is 2. The van der Waals surface area contributed by atoms with Crippen LogP contribution in [0, 0.1) is 0 Å². The number of aromatic nitrogens is 6. The molecule has 0 radical (unpaired) electrons. The third-order valence-corrected chi connectivity index (χ3v) is 4.53. The van der Waals surface area contributed by atoms with Gasteiger partial charge in [-0.3, -0.25) is 15.1 Å². The van der Waals surface area contributed by atoms with Gasteiger partial charge >= 0.3 is 0 Å². The molecule has 0 aliphatic carbocycles. The molecule has 0 amide bonds. The number of hydrogen-bond donors (Lipinski definition) is 2. The molecule has 0 bridgehead atoms. The minimum Gasteiger partial charge on any atom is -0.291 e. The molecular formula is C18H33N7. The van der Waals surface area contributed by atoms with Crippen LogP contribution in [0.15, 0.2) is 12.4 Å². The maximum atomic E-state index is 4.09. The molecule has 2 aromatic heterocycles. The topological polar surface area (TPSA) is 86.4 Å². The van der Waals surface area contributed by atoms with Gasteiger partial charge in [-0.1, -0.05) is 75.1 Å². The molecule has 2 rings (SSSR count). The molecule has 7 nitrogen and oxygen atoms in total. The summed E-state index contributed by atoms with van der Waals surface area (Å²) in [6, 6.07) is 0. The highest BCUT2D eigenvalue weighted by Crippen LogP contribution is 2.12. The molecule has 0 spiro atoms. The van der Waals surface area contributed by atoms with E-state index in [0.717, 1.165) is 31.0 Å². The van der Waals surface area contributed by atoms with Crippen LogP contribution >= 0.6 is 0 Å². The lowest BCUT2D eigenvalue weighted by molar-refractivity contribution is 0.244. The molecule has 0 fully saturated rings. The van der Waals surface area contributed by atoms with Gasteiger partial charge in [-0.25, -0.2) is 0 Å². The molecule has 2 aromatic rings. The Bertz CT molecular complexity index is 473. The third-order valence-electron chi connectivity index (χ3n) is 4.53. The van der Waals surface area contributed by atoms with Crippen molar-refractivity contribution < 1.29 is 0 Å². The highest BCUT2D eigenvalue weighted by Gasteiger charge is 2.10. The van der Waals surface area contributed by atoms with Crippen LogP contribution in [-0.2, 0) is 13.1 Å². The van der Waals surface area contributed by atoms with Gasteiger partial charge in [0.2, 0.25) is 0 Å². The number of unbranched alkanes of at least 4 members (excludes halogenated alkanes) is 9. The van der Waals surface area contributed by atoms with E-state index < -0.39 is 0 Å². The van der Waals surface area contributed by atoms with Gasteiger partial charge in [-0.2, -0.15) is 0 Å². The molecule has 2 heterocycles. The van der Waals surface area contributed by atoms with Crippen LogP contribution in [-0.4, -0.2) is 42.3 Å². The van der Waals surface area contributed by atoms with Crippen molar-refractivity contribution in [2.45, 2.75) is 84.2 Å². The lowest BCUT2D eigenvalue weighted by Gasteiger charge is -2.19. The summed E-state index contributed by atoms with van der Waals surface area (Å²) < 4.78 is 0. The van der Waals surface area contributed by atoms with Gasteiger partial charge < -0.3 is 0 Å². The molecule has 7 heteroatoms. The van der Waals surface area contributed by atoms with E-state index in [4.69, 9.17) is 0 Å². The van der Waals surface area contributed by atoms with Crippen LogP contribution in [0.4, 0.5) is 0 Å². The van der Waals surface area contributed by atoms with Gasteiger partial charge in [0.15, 0.2) is 0 Å². The van der Waals surface area contributed by atoms with Crippen LogP contribution in [0.5, 0.6) is 0 Å². The maximum Gasteiger partial charge on any atom is 0.0964 e. The highest BCUT2D eigenvalue weighted by atomic mass is 15.3. The molecule has 2 N–H and O–H groups in total. The highest BCUT2D eigenvalue weighted by molar-refractivity contribution is 4.94. The Morgan fingerprint density at radius 1 is 0.720 bits per heavy atom. The Morgan fingerprint density at radius 3 is 1.64 bits per heavy atom. The van der Waals surface area contributed by atoms with Gasteiger partial charge in [0.1, 0.15) is 0 Å². The fraction of sp³-hybridized carbons (Fsp3) is 0.778. The molecular weight excluding hydrogens is 314 g/mol. The number of rotatable bonds is 15. The van der Waals surface area contributed by atoms with Crippen molar-refractivity contribution in [2.75, 3.05) is 6.54 Å². The molecule has 0 unspecified atom stereocenters. The molecule has 25 heavy (non-hydrogen) atoms. The summed E-state index contributed by atoms with van der Waals surface area (Å²) in [5.41, 5.74) is 1.94. The maximum absolute atomic E-state index is 4.09. The van der Waals surface area contributed by atoms with Crippen LogP contribution in [0.2, 0.25) is 0 Å². The minimum absolute atomic E-state index is 0.792. The Morgan fingerprint density at radius 2 is 1.20 bits per heavy atom. The second kappa shape index (κ2) is 12.6. The summed E-state index contributed by atoms with van der Waals surface area (Å²) >= 11 is 0. The first-order chi connectivity index (χ1) is 12.4. The average molecular weight is 348 g/mol. The van der Waals surface area contributed by atoms with Crippen molar-refractivity contribution >= 4 is 0 Å². The SMILES string of the molecule is CCCCCCCCCCCCN(Cc1c[nH]nn1)Cc1c[nH]nn1. The third kappa shape index (κ3) is 8.77. The Hall–Kier alpha value is -1.76. The fourth-order valence-electron chi connectivity index (χ4n) is 3.10. The smallest absolute Gasteiger partial charge is 0.0964 e. The van der Waals surface area contributed by atoms with E-state index in [1.54, 1.807) is 0 Å². The van der Waals surface area contributed by atoms with Crippen LogP contribution in [0.3, 0.4) is 0 Å². The summed E-state index contributed by atoms with van der Waals surface area (Å²) in [6.45, 7) is 4.91. The molecule has 0 saturated heterocycles. The average Bonchev–Trinajstić information content (AvgIpc) is 3.30. The van der Waals surface area contributed by atoms with Crippen molar-refractivity contribution in [3.63, 3.8) is 0 Å². The molecule has 0 atom stereocenters. The zero-order chi connectivity index (χ0) is 17.6. The second-order valence-electron chi connectivity index (χ2n) is 6.82. The van der Waals surface area contributed by atoms with E-state index >= 15 is 0 Å². The Kier molecular flexibility index (Phi) is 9.84. The second-order valence-corrected chi connectivity index (χ2v) is 6.82. The molecule has 0 aliphatic heterocycles. The van der Waals surface area contributed by atoms with E-state index in [2.05, 4.69) is 42.6 Å². The first-order valence-corrected chi connectivity index (χ1v) is 9.81. The van der Waals surface area contributed by atoms with Crippen molar-refractivity contribution in [3.05, 3.63) is 23.8 Å². The first kappa shape index (κ1) is 19.6. The standard InChI is InChI=1S/C18H33N7/c1-2-3-4-5-6-7-8-9-10-11-12-25(15-17-13-19-23-21-17)16-18-14-20-24-22-18/h13-14H,2-12,15-16H2,1H3,(H,19,21,23)(H,20,22,24). The first-order valence-electron chi connectivity index (χ1n) is 9.81. The van der Waals surface area contributed by atoms with Crippen molar-refractivity contribution in [1.29, 1.82) is 0 Å². The van der Waals surface area contributed by atoms with Gasteiger partial charge in [0, 0.05) is 25.5 Å². The van der Waals surface area contributed by atoms with Crippen molar-refractivity contribution in [1.82, 2.24) is 35.7 Å². The molecule has 0 saturated carbocycles. The van der Waals surface area contributed by atoms with E-state index in [0.29, 0.717) is 0 Å². The number of aromatic amines is 2. The van der Waals surface area contributed by atoms with Crippen LogP contribution in [0.25, 0.3) is 0 Å². The zero-order valence-corrected chi connectivity index (χ0v) is 15.6. The molecule has 140 valence electrons. The summed E-state index contributed by atoms with van der Waals surface area (Å²) in [6.07, 6.45) is 17.3. The quantitative estimate of drug-likeness (QED) is 0.478. The Balaban J connectivity index is 1.57. The minimum atomic E-state index is 0.792. The summed E-state index contributed by atoms with van der Waals surface area (Å²) in [5, 5.41) is 21.3. The van der Waals surface area contributed by atoms with Gasteiger partial charge in [0.05, 0.1) is 11.4 Å². The van der Waals surface area contributed by atoms with Gasteiger partial charge in [0.25, 0.3) is 0 Å². The van der Waals surface area contributed by atoms with Crippen LogP contribution < -0.4 is 0 Å². The zero-order valence-electron chi connectivity index (χ0n) is 15.6. The predicted octanol–water partition coefficient (Wildman–Crippen LogP) is 3.85. The Labute approximate surface area is 151 Å². The lowest BCUT2D eigenvalue weighted by Crippen LogP contribution is -2.24. The number of nitrogens with zero attached hydrogens (tertiary/aromatic N) is 5. The van der Waals surface area contributed by atoms with Crippen molar-refractivity contribution in [3.8, 4) is 0 Å². The van der Waals surface area contributed by atoms with Crippen molar-refractivity contribution in [2.24, 2.45) is 0 Å². The van der Waals surface area contributed by atoms with E-state index in [9.17, 15) is 0 Å². The summed E-state index contributed by atoms with van der Waals surface area (Å²) in [4.78, 5) is 2.36. The summed E-state index contributed by atoms with van der Waals surface area (Å²) in [7, 11) is 0. The van der Waals surface area contributed by atoms with Gasteiger partial charge in [-0.15, -0.1) is 10.2 Å². The largest absolute Gasteiger partial charge is 0.291 e. The van der Waals surface area contributed by atoms with Crippen LogP contribution in [0.1, 0.15) is 82.5 Å². The lowest BCUT2D eigenvalue weighted by atomic mass is 10.1. The fourth-order valence-corrected chi connectivity index (χ4v) is 3.10. The molecule has 0 aromatic carbocycles. The van der Waals surface area contributed by atoms with Gasteiger partial charge in [-0.05, 0) is 13.0 Å². The number of hydrogen-bond acceptors (Lipinski definition) is 5. The predicted molar refractivity (Wildman–Crippen MR) is 98.7 cm³/mol. The summed E-state index contributed by atoms with van der Waals surface area (Å²) in [5.74, 6) is 0. The van der Waals surface area contributed by atoms with E-state index in [1.807, 2.05) is 12.4 Å². The normalized spacial score (nSPS) is 11.4. The van der Waals surface area contributed by atoms with E-state index in [-0.39, 0.29) is 0 Å².